The molecule has 0 N–H and O–H groups in total. The molecule has 0 atom stereocenters. The fourth-order valence-corrected chi connectivity index (χ4v) is 5.46. The average molecular weight is 485 g/mol. The smallest absolute Gasteiger partial charge is 0.271 e. The lowest BCUT2D eigenvalue weighted by Crippen LogP contribution is -2.43. The summed E-state index contributed by atoms with van der Waals surface area (Å²) in [6, 6.07) is 3.62. The summed E-state index contributed by atoms with van der Waals surface area (Å²) < 4.78 is 59.0. The molecule has 2 aromatic heterocycles. The van der Waals surface area contributed by atoms with Gasteiger partial charge in [-0.2, -0.15) is 0 Å². The van der Waals surface area contributed by atoms with Crippen LogP contribution in [0.5, 0.6) is 5.75 Å². The van der Waals surface area contributed by atoms with Gasteiger partial charge in [0, 0.05) is 50.4 Å². The van der Waals surface area contributed by atoms with Crippen molar-refractivity contribution in [2.75, 3.05) is 32.4 Å². The van der Waals surface area contributed by atoms with Crippen LogP contribution in [0.3, 0.4) is 0 Å². The largest absolute Gasteiger partial charge is 0.489 e. The lowest BCUT2D eigenvalue weighted by Gasteiger charge is -2.34. The van der Waals surface area contributed by atoms with Crippen molar-refractivity contribution in [3.63, 3.8) is 0 Å². The molecule has 2 aromatic rings. The van der Waals surface area contributed by atoms with E-state index in [1.54, 1.807) is 6.07 Å². The third-order valence-electron chi connectivity index (χ3n) is 6.42. The van der Waals surface area contributed by atoms with Gasteiger partial charge in [0.15, 0.2) is 5.65 Å². The number of piperidine rings is 2. The number of carbonyl (C=O) groups excluding carboxylic acids is 1. The number of amides is 1. The van der Waals surface area contributed by atoms with Crippen LogP contribution >= 0.6 is 0 Å². The molecule has 8 nitrogen and oxygen atoms in total. The van der Waals surface area contributed by atoms with E-state index >= 15 is 0 Å². The molecule has 2 aliphatic heterocycles. The molecule has 4 rings (SSSR count). The van der Waals surface area contributed by atoms with Crippen LogP contribution in [0.25, 0.3) is 11.0 Å². The molecule has 0 unspecified atom stereocenters. The Balaban J connectivity index is 1.59. The van der Waals surface area contributed by atoms with Gasteiger partial charge in [-0.3, -0.25) is 4.79 Å². The van der Waals surface area contributed by atoms with Crippen LogP contribution in [-0.4, -0.2) is 83.6 Å². The molecule has 2 fully saturated rings. The molecule has 1 amide bonds. The average Bonchev–Trinajstić information content (AvgIpc) is 3.13. The quantitative estimate of drug-likeness (QED) is 0.649. The fourth-order valence-electron chi connectivity index (χ4n) is 4.50. The van der Waals surface area contributed by atoms with Crippen molar-refractivity contribution in [3.8, 4) is 5.75 Å². The van der Waals surface area contributed by atoms with Crippen molar-refractivity contribution < 1.29 is 26.7 Å². The van der Waals surface area contributed by atoms with Gasteiger partial charge in [-0.25, -0.2) is 26.2 Å². The Morgan fingerprint density at radius 3 is 2.36 bits per heavy atom. The SMILES string of the molecule is CC(C)N1CCC(Oc2cnc3c(c2)cc(C(=O)N2CCC(F)(F)CC2)n3S(C)(=O)=O)CC1. The summed E-state index contributed by atoms with van der Waals surface area (Å²) in [4.78, 5) is 21.0. The maximum atomic E-state index is 13.5. The second kappa shape index (κ2) is 8.83. The van der Waals surface area contributed by atoms with Crippen LogP contribution in [0.4, 0.5) is 8.78 Å². The van der Waals surface area contributed by atoms with Crippen LogP contribution in [0.2, 0.25) is 0 Å². The molecule has 182 valence electrons. The van der Waals surface area contributed by atoms with Gasteiger partial charge >= 0.3 is 0 Å². The van der Waals surface area contributed by atoms with Crippen LogP contribution < -0.4 is 4.74 Å². The van der Waals surface area contributed by atoms with E-state index in [0.717, 1.165) is 36.2 Å². The summed E-state index contributed by atoms with van der Waals surface area (Å²) in [7, 11) is -3.87. The minimum Gasteiger partial charge on any atom is -0.489 e. The summed E-state index contributed by atoms with van der Waals surface area (Å²) in [5.74, 6) is -2.90. The van der Waals surface area contributed by atoms with E-state index in [0.29, 0.717) is 17.2 Å². The topological polar surface area (TPSA) is 84.7 Å². The maximum absolute atomic E-state index is 13.5. The fraction of sp³-hybridized carbons (Fsp3) is 0.636. The van der Waals surface area contributed by atoms with E-state index in [2.05, 4.69) is 23.7 Å². The predicted molar refractivity (Wildman–Crippen MR) is 120 cm³/mol. The number of pyridine rings is 1. The number of fused-ring (bicyclic) bond motifs is 1. The van der Waals surface area contributed by atoms with E-state index in [1.807, 2.05) is 0 Å². The summed E-state index contributed by atoms with van der Waals surface area (Å²) in [6.07, 6.45) is 3.37. The standard InChI is InChI=1S/C22H30F2N4O4S/c1-15(2)26-8-4-17(5-9-26)32-18-12-16-13-19(28(33(3,30)31)20(16)25-14-18)21(29)27-10-6-22(23,24)7-11-27/h12-15,17H,4-11H2,1-3H3. The van der Waals surface area contributed by atoms with E-state index in [-0.39, 0.29) is 30.5 Å². The van der Waals surface area contributed by atoms with Crippen molar-refractivity contribution in [2.24, 2.45) is 0 Å². The summed E-state index contributed by atoms with van der Waals surface area (Å²) >= 11 is 0. The number of aromatic nitrogens is 2. The second-order valence-electron chi connectivity index (χ2n) is 9.24. The molecule has 0 aliphatic carbocycles. The summed E-state index contributed by atoms with van der Waals surface area (Å²) in [5.41, 5.74) is 0.0118. The highest BCUT2D eigenvalue weighted by Gasteiger charge is 2.37. The zero-order chi connectivity index (χ0) is 24.0. The number of ether oxygens (including phenoxy) is 1. The first-order valence-corrected chi connectivity index (χ1v) is 13.1. The van der Waals surface area contributed by atoms with Gasteiger partial charge in [-0.1, -0.05) is 0 Å². The van der Waals surface area contributed by atoms with E-state index < -0.39 is 34.7 Å². The first-order chi connectivity index (χ1) is 15.4. The Morgan fingerprint density at radius 1 is 1.15 bits per heavy atom. The molecule has 4 heterocycles. The van der Waals surface area contributed by atoms with Gasteiger partial charge in [-0.15, -0.1) is 0 Å². The first kappa shape index (κ1) is 23.9. The van der Waals surface area contributed by atoms with Gasteiger partial charge in [0.1, 0.15) is 17.5 Å². The highest BCUT2D eigenvalue weighted by atomic mass is 32.2. The summed E-state index contributed by atoms with van der Waals surface area (Å²) in [5, 5.41) is 0.447. The molecule has 33 heavy (non-hydrogen) atoms. The highest BCUT2D eigenvalue weighted by Crippen LogP contribution is 2.30. The van der Waals surface area contributed by atoms with Gasteiger partial charge in [-0.05, 0) is 38.8 Å². The molecule has 0 bridgehead atoms. The number of halogens is 2. The van der Waals surface area contributed by atoms with E-state index in [1.165, 1.54) is 17.2 Å². The lowest BCUT2D eigenvalue weighted by atomic mass is 10.1. The van der Waals surface area contributed by atoms with Gasteiger partial charge in [0.05, 0.1) is 12.5 Å². The number of nitrogens with zero attached hydrogens (tertiary/aromatic N) is 4. The third kappa shape index (κ3) is 5.13. The normalized spacial score (nSPS) is 20.5. The lowest BCUT2D eigenvalue weighted by molar-refractivity contribution is -0.0495. The second-order valence-corrected chi connectivity index (χ2v) is 11.1. The molecule has 0 spiro atoms. The van der Waals surface area contributed by atoms with Gasteiger partial charge < -0.3 is 14.5 Å². The first-order valence-electron chi connectivity index (χ1n) is 11.2. The summed E-state index contributed by atoms with van der Waals surface area (Å²) in [6.45, 7) is 5.95. The number of hydrogen-bond acceptors (Lipinski definition) is 6. The minimum absolute atomic E-state index is 0.0346. The van der Waals surface area contributed by atoms with Crippen LogP contribution in [0.1, 0.15) is 50.0 Å². The van der Waals surface area contributed by atoms with E-state index in [4.69, 9.17) is 4.74 Å². The number of hydrogen-bond donors (Lipinski definition) is 0. The Kier molecular flexibility index (Phi) is 6.38. The zero-order valence-electron chi connectivity index (χ0n) is 19.1. The number of rotatable bonds is 5. The molecular formula is C22H30F2N4O4S. The Labute approximate surface area is 192 Å². The number of alkyl halides is 2. The van der Waals surface area contributed by atoms with E-state index in [9.17, 15) is 22.0 Å². The predicted octanol–water partition coefficient (Wildman–Crippen LogP) is 2.97. The van der Waals surface area contributed by atoms with Gasteiger partial charge in [0.2, 0.25) is 10.0 Å². The zero-order valence-corrected chi connectivity index (χ0v) is 19.9. The molecular weight excluding hydrogens is 454 g/mol. The Bertz CT molecular complexity index is 1130. The maximum Gasteiger partial charge on any atom is 0.271 e. The van der Waals surface area contributed by atoms with Crippen molar-refractivity contribution in [1.29, 1.82) is 0 Å². The Hall–Kier alpha value is -2.27. The van der Waals surface area contributed by atoms with Crippen molar-refractivity contribution >= 4 is 27.0 Å². The Morgan fingerprint density at radius 2 is 1.79 bits per heavy atom. The van der Waals surface area contributed by atoms with Crippen molar-refractivity contribution in [2.45, 2.75) is 57.6 Å². The highest BCUT2D eigenvalue weighted by molar-refractivity contribution is 7.89. The van der Waals surface area contributed by atoms with Crippen molar-refractivity contribution in [1.82, 2.24) is 18.8 Å². The number of carbonyl (C=O) groups is 1. The van der Waals surface area contributed by atoms with Gasteiger partial charge in [0.25, 0.3) is 11.8 Å². The minimum atomic E-state index is -3.87. The molecule has 0 saturated carbocycles. The molecule has 2 saturated heterocycles. The molecule has 2 aliphatic rings. The van der Waals surface area contributed by atoms with Crippen LogP contribution in [0, 0.1) is 0 Å². The third-order valence-corrected chi connectivity index (χ3v) is 7.45. The molecule has 11 heteroatoms. The van der Waals surface area contributed by atoms with Crippen LogP contribution in [0.15, 0.2) is 18.3 Å². The van der Waals surface area contributed by atoms with Crippen LogP contribution in [-0.2, 0) is 10.0 Å². The molecule has 0 aromatic carbocycles. The van der Waals surface area contributed by atoms with Crippen molar-refractivity contribution in [3.05, 3.63) is 24.0 Å². The number of likely N-dealkylation sites (tertiary alicyclic amines) is 2. The monoisotopic (exact) mass is 484 g/mol. The molecule has 0 radical (unpaired) electrons.